The maximum atomic E-state index is 13.8. The molecule has 0 aromatic heterocycles. The summed E-state index contributed by atoms with van der Waals surface area (Å²) >= 11 is 1.53. The lowest BCUT2D eigenvalue weighted by atomic mass is 10.2. The standard InChI is InChI=1S/C18H17F3N2O3S/c1-25-13-6-3-10(9-14(13)26-2)17-23(7-8-27-17)18(24)22-12-5-4-11(19)15(20)16(12)21/h3-6,9,17H,7-8H2,1-2H3,(H,22,24). The first-order chi connectivity index (χ1) is 13.0. The lowest BCUT2D eigenvalue weighted by molar-refractivity contribution is 0.214. The maximum Gasteiger partial charge on any atom is 0.323 e. The quantitative estimate of drug-likeness (QED) is 0.776. The van der Waals surface area contributed by atoms with Crippen LogP contribution in [-0.2, 0) is 0 Å². The second-order valence-electron chi connectivity index (χ2n) is 5.68. The number of carbonyl (C=O) groups excluding carboxylic acids is 1. The Labute approximate surface area is 158 Å². The van der Waals surface area contributed by atoms with E-state index >= 15 is 0 Å². The Morgan fingerprint density at radius 2 is 1.85 bits per heavy atom. The van der Waals surface area contributed by atoms with E-state index in [9.17, 15) is 18.0 Å². The fourth-order valence-electron chi connectivity index (χ4n) is 2.77. The Morgan fingerprint density at radius 1 is 1.11 bits per heavy atom. The molecule has 2 aromatic rings. The highest BCUT2D eigenvalue weighted by atomic mass is 32.2. The van der Waals surface area contributed by atoms with E-state index in [0.29, 0.717) is 23.8 Å². The van der Waals surface area contributed by atoms with Gasteiger partial charge in [0.05, 0.1) is 19.9 Å². The zero-order valence-corrected chi connectivity index (χ0v) is 15.4. The summed E-state index contributed by atoms with van der Waals surface area (Å²) in [7, 11) is 3.04. The Bertz CT molecular complexity index is 866. The van der Waals surface area contributed by atoms with Gasteiger partial charge in [-0.3, -0.25) is 0 Å². The van der Waals surface area contributed by atoms with Gasteiger partial charge in [-0.05, 0) is 29.8 Å². The van der Waals surface area contributed by atoms with E-state index in [2.05, 4.69) is 5.32 Å². The number of methoxy groups -OCH3 is 2. The van der Waals surface area contributed by atoms with Crippen LogP contribution < -0.4 is 14.8 Å². The lowest BCUT2D eigenvalue weighted by Crippen LogP contribution is -2.34. The number of ether oxygens (including phenoxy) is 2. The van der Waals surface area contributed by atoms with Gasteiger partial charge in [0.25, 0.3) is 0 Å². The Morgan fingerprint density at radius 3 is 2.56 bits per heavy atom. The van der Waals surface area contributed by atoms with Crippen molar-refractivity contribution in [3.05, 3.63) is 53.3 Å². The Kier molecular flexibility index (Phi) is 5.69. The van der Waals surface area contributed by atoms with E-state index in [4.69, 9.17) is 9.47 Å². The predicted octanol–water partition coefficient (Wildman–Crippen LogP) is 4.40. The molecule has 0 aliphatic carbocycles. The molecule has 3 rings (SSSR count). The van der Waals surface area contributed by atoms with Crippen molar-refractivity contribution in [1.29, 1.82) is 0 Å². The van der Waals surface area contributed by atoms with Gasteiger partial charge >= 0.3 is 6.03 Å². The third-order valence-electron chi connectivity index (χ3n) is 4.12. The largest absolute Gasteiger partial charge is 0.493 e. The van der Waals surface area contributed by atoms with Gasteiger partial charge in [-0.2, -0.15) is 0 Å². The molecule has 1 atom stereocenters. The summed E-state index contributed by atoms with van der Waals surface area (Å²) < 4.78 is 50.7. The van der Waals surface area contributed by atoms with Crippen LogP contribution in [0.3, 0.4) is 0 Å². The van der Waals surface area contributed by atoms with Crippen molar-refractivity contribution in [1.82, 2.24) is 4.90 Å². The highest BCUT2D eigenvalue weighted by Gasteiger charge is 2.32. The molecule has 1 fully saturated rings. The highest BCUT2D eigenvalue weighted by Crippen LogP contribution is 2.41. The molecule has 0 radical (unpaired) electrons. The Balaban J connectivity index is 1.82. The average Bonchev–Trinajstić information content (AvgIpc) is 3.17. The molecular weight excluding hydrogens is 381 g/mol. The summed E-state index contributed by atoms with van der Waals surface area (Å²) in [6.07, 6.45) is 0. The molecule has 1 unspecified atom stereocenters. The lowest BCUT2D eigenvalue weighted by Gasteiger charge is -2.25. The number of hydrogen-bond acceptors (Lipinski definition) is 4. The van der Waals surface area contributed by atoms with Crippen LogP contribution in [0.2, 0.25) is 0 Å². The minimum Gasteiger partial charge on any atom is -0.493 e. The molecular formula is C18H17F3N2O3S. The van der Waals surface area contributed by atoms with Gasteiger partial charge in [0, 0.05) is 12.3 Å². The summed E-state index contributed by atoms with van der Waals surface area (Å²) in [5, 5.41) is 1.97. The van der Waals surface area contributed by atoms with Gasteiger partial charge in [-0.25, -0.2) is 18.0 Å². The first-order valence-corrected chi connectivity index (χ1v) is 9.05. The summed E-state index contributed by atoms with van der Waals surface area (Å²) in [4.78, 5) is 14.1. The normalized spacial score (nSPS) is 16.3. The molecule has 2 aromatic carbocycles. The number of benzene rings is 2. The smallest absolute Gasteiger partial charge is 0.323 e. The fraction of sp³-hybridized carbons (Fsp3) is 0.278. The third kappa shape index (κ3) is 3.78. The topological polar surface area (TPSA) is 50.8 Å². The van der Waals surface area contributed by atoms with Crippen molar-refractivity contribution in [3.63, 3.8) is 0 Å². The zero-order valence-electron chi connectivity index (χ0n) is 14.6. The number of hydrogen-bond donors (Lipinski definition) is 1. The molecule has 0 saturated carbocycles. The average molecular weight is 398 g/mol. The zero-order chi connectivity index (χ0) is 19.6. The summed E-state index contributed by atoms with van der Waals surface area (Å²) in [6, 6.07) is 6.45. The summed E-state index contributed by atoms with van der Waals surface area (Å²) in [5.41, 5.74) is 0.387. The molecule has 1 N–H and O–H groups in total. The van der Waals surface area contributed by atoms with Crippen molar-refractivity contribution in [2.75, 3.05) is 31.8 Å². The SMILES string of the molecule is COc1ccc(C2SCCN2C(=O)Nc2ccc(F)c(F)c2F)cc1OC. The van der Waals surface area contributed by atoms with Crippen molar-refractivity contribution in [3.8, 4) is 11.5 Å². The molecule has 27 heavy (non-hydrogen) atoms. The maximum absolute atomic E-state index is 13.8. The van der Waals surface area contributed by atoms with Gasteiger partial charge in [0.1, 0.15) is 5.37 Å². The molecule has 144 valence electrons. The van der Waals surface area contributed by atoms with Crippen LogP contribution in [0, 0.1) is 17.5 Å². The van der Waals surface area contributed by atoms with E-state index in [1.165, 1.54) is 30.9 Å². The molecule has 0 spiro atoms. The molecule has 0 bridgehead atoms. The van der Waals surface area contributed by atoms with Crippen LogP contribution in [0.15, 0.2) is 30.3 Å². The third-order valence-corrected chi connectivity index (χ3v) is 5.38. The number of nitrogens with one attached hydrogen (secondary N) is 1. The molecule has 1 aliphatic heterocycles. The second-order valence-corrected chi connectivity index (χ2v) is 6.87. The van der Waals surface area contributed by atoms with Crippen molar-refractivity contribution in [2.45, 2.75) is 5.37 Å². The number of nitrogens with zero attached hydrogens (tertiary/aromatic N) is 1. The number of carbonyl (C=O) groups is 1. The number of amides is 2. The molecule has 9 heteroatoms. The Hall–Kier alpha value is -2.55. The van der Waals surface area contributed by atoms with Crippen LogP contribution in [0.1, 0.15) is 10.9 Å². The fourth-order valence-corrected chi connectivity index (χ4v) is 4.02. The van der Waals surface area contributed by atoms with Crippen molar-refractivity contribution < 1.29 is 27.4 Å². The molecule has 5 nitrogen and oxygen atoms in total. The van der Waals surface area contributed by atoms with E-state index in [1.54, 1.807) is 12.1 Å². The van der Waals surface area contributed by atoms with E-state index in [1.807, 2.05) is 6.07 Å². The van der Waals surface area contributed by atoms with Gasteiger partial charge in [0.2, 0.25) is 0 Å². The van der Waals surface area contributed by atoms with E-state index in [0.717, 1.165) is 17.7 Å². The highest BCUT2D eigenvalue weighted by molar-refractivity contribution is 7.99. The van der Waals surface area contributed by atoms with Crippen LogP contribution >= 0.6 is 11.8 Å². The number of halogens is 3. The van der Waals surface area contributed by atoms with Crippen LogP contribution in [0.4, 0.5) is 23.7 Å². The minimum atomic E-state index is -1.62. The second kappa shape index (κ2) is 7.99. The molecule has 1 saturated heterocycles. The predicted molar refractivity (Wildman–Crippen MR) is 96.8 cm³/mol. The monoisotopic (exact) mass is 398 g/mol. The van der Waals surface area contributed by atoms with Crippen LogP contribution in [-0.4, -0.2) is 37.4 Å². The van der Waals surface area contributed by atoms with Gasteiger partial charge in [-0.1, -0.05) is 6.07 Å². The minimum absolute atomic E-state index is 0.335. The first kappa shape index (κ1) is 19.2. The van der Waals surface area contributed by atoms with E-state index < -0.39 is 29.2 Å². The molecule has 1 heterocycles. The molecule has 1 aliphatic rings. The summed E-state index contributed by atoms with van der Waals surface area (Å²) in [6.45, 7) is 0.417. The van der Waals surface area contributed by atoms with Crippen molar-refractivity contribution >= 4 is 23.5 Å². The van der Waals surface area contributed by atoms with Gasteiger partial charge < -0.3 is 19.7 Å². The van der Waals surface area contributed by atoms with Crippen molar-refractivity contribution in [2.24, 2.45) is 0 Å². The number of thioether (sulfide) groups is 1. The van der Waals surface area contributed by atoms with Gasteiger partial charge in [-0.15, -0.1) is 11.8 Å². The van der Waals surface area contributed by atoms with Gasteiger partial charge in [0.15, 0.2) is 29.0 Å². The number of anilines is 1. The summed E-state index contributed by atoms with van der Waals surface area (Å²) in [5.74, 6) is -2.62. The number of rotatable bonds is 4. The van der Waals surface area contributed by atoms with Crippen LogP contribution in [0.25, 0.3) is 0 Å². The molecule has 2 amide bonds. The number of urea groups is 1. The first-order valence-electron chi connectivity index (χ1n) is 8.01. The van der Waals surface area contributed by atoms with Crippen LogP contribution in [0.5, 0.6) is 11.5 Å². The van der Waals surface area contributed by atoms with E-state index in [-0.39, 0.29) is 5.37 Å².